The second-order valence-electron chi connectivity index (χ2n) is 6.47. The van der Waals surface area contributed by atoms with Gasteiger partial charge >= 0.3 is 0 Å². The molecule has 2 nitrogen and oxygen atoms in total. The molecule has 20 heavy (non-hydrogen) atoms. The van der Waals surface area contributed by atoms with Crippen LogP contribution in [-0.2, 0) is 6.42 Å². The van der Waals surface area contributed by atoms with E-state index in [0.717, 1.165) is 25.7 Å². The third-order valence-electron chi connectivity index (χ3n) is 5.15. The lowest BCUT2D eigenvalue weighted by Gasteiger charge is -2.40. The Morgan fingerprint density at radius 3 is 2.60 bits per heavy atom. The van der Waals surface area contributed by atoms with Gasteiger partial charge in [-0.15, -0.1) is 0 Å². The van der Waals surface area contributed by atoms with Crippen LogP contribution >= 0.6 is 0 Å². The fraction of sp³-hybridized carbons (Fsp3) is 0.556. The lowest BCUT2D eigenvalue weighted by Crippen LogP contribution is -2.41. The standard InChI is InChI=1S/C18H22N2/c1-15-6-5-7-16(12-15)8-11-17(9-3-2-4-10-17)18(13-19)14-20-18/h5-7,12,14H,2-4,8-11H2,1H3. The molecule has 2 aliphatic rings. The van der Waals surface area contributed by atoms with E-state index in [1.54, 1.807) is 0 Å². The summed E-state index contributed by atoms with van der Waals surface area (Å²) in [5.74, 6) is 0. The molecular formula is C18H22N2. The van der Waals surface area contributed by atoms with Gasteiger partial charge in [0.1, 0.15) is 0 Å². The van der Waals surface area contributed by atoms with Gasteiger partial charge in [0.2, 0.25) is 0 Å². The summed E-state index contributed by atoms with van der Waals surface area (Å²) in [7, 11) is 0. The van der Waals surface area contributed by atoms with Crippen molar-refractivity contribution in [1.82, 2.24) is 0 Å². The Morgan fingerprint density at radius 2 is 2.00 bits per heavy atom. The summed E-state index contributed by atoms with van der Waals surface area (Å²) in [4.78, 5) is 4.39. The lowest BCUT2D eigenvalue weighted by atomic mass is 9.62. The molecule has 1 unspecified atom stereocenters. The number of rotatable bonds is 4. The van der Waals surface area contributed by atoms with E-state index in [2.05, 4.69) is 42.3 Å². The number of aliphatic imine (C=N–C) groups is 1. The van der Waals surface area contributed by atoms with Crippen LogP contribution in [-0.4, -0.2) is 11.8 Å². The predicted octanol–water partition coefficient (Wildman–Crippen LogP) is 4.22. The zero-order valence-corrected chi connectivity index (χ0v) is 12.2. The summed E-state index contributed by atoms with van der Waals surface area (Å²) in [5, 5.41) is 9.54. The van der Waals surface area contributed by atoms with Crippen molar-refractivity contribution in [3.05, 3.63) is 35.4 Å². The van der Waals surface area contributed by atoms with E-state index in [1.807, 2.05) is 6.21 Å². The highest BCUT2D eigenvalue weighted by Gasteiger charge is 2.56. The molecule has 1 aliphatic heterocycles. The van der Waals surface area contributed by atoms with Crippen LogP contribution in [0.2, 0.25) is 0 Å². The number of hydrogen-bond acceptors (Lipinski definition) is 2. The van der Waals surface area contributed by atoms with Gasteiger partial charge in [-0.25, -0.2) is 0 Å². The van der Waals surface area contributed by atoms with Gasteiger partial charge in [0, 0.05) is 11.6 Å². The Balaban J connectivity index is 1.76. The van der Waals surface area contributed by atoms with Crippen LogP contribution in [0.3, 0.4) is 0 Å². The molecule has 0 spiro atoms. The maximum absolute atomic E-state index is 9.54. The number of benzene rings is 1. The van der Waals surface area contributed by atoms with E-state index in [0.29, 0.717) is 0 Å². The van der Waals surface area contributed by atoms with Crippen LogP contribution in [0.25, 0.3) is 0 Å². The largest absolute Gasteiger partial charge is 0.265 e. The van der Waals surface area contributed by atoms with Gasteiger partial charge in [0.25, 0.3) is 0 Å². The molecular weight excluding hydrogens is 244 g/mol. The smallest absolute Gasteiger partial charge is 0.186 e. The fourth-order valence-electron chi connectivity index (χ4n) is 3.82. The second kappa shape index (κ2) is 5.05. The third kappa shape index (κ3) is 2.26. The van der Waals surface area contributed by atoms with Gasteiger partial charge in [-0.2, -0.15) is 5.26 Å². The van der Waals surface area contributed by atoms with Crippen molar-refractivity contribution < 1.29 is 0 Å². The molecule has 1 atom stereocenters. The van der Waals surface area contributed by atoms with Crippen LogP contribution in [0, 0.1) is 23.7 Å². The zero-order valence-electron chi connectivity index (χ0n) is 12.2. The highest BCUT2D eigenvalue weighted by Crippen LogP contribution is 2.53. The third-order valence-corrected chi connectivity index (χ3v) is 5.15. The molecule has 104 valence electrons. The SMILES string of the molecule is Cc1cccc(CCC2(C3(C#N)C=N3)CCCCC2)c1. The number of nitriles is 1. The quantitative estimate of drug-likeness (QED) is 0.803. The Kier molecular flexibility index (Phi) is 3.38. The van der Waals surface area contributed by atoms with Crippen LogP contribution < -0.4 is 0 Å². The Bertz CT molecular complexity index is 553. The first-order chi connectivity index (χ1) is 9.70. The highest BCUT2D eigenvalue weighted by molar-refractivity contribution is 5.90. The van der Waals surface area contributed by atoms with Crippen molar-refractivity contribution in [2.45, 2.75) is 57.4 Å². The molecule has 0 bridgehead atoms. The maximum Gasteiger partial charge on any atom is 0.186 e. The number of nitrogens with zero attached hydrogens (tertiary/aromatic N) is 2. The summed E-state index contributed by atoms with van der Waals surface area (Å²) < 4.78 is 0. The van der Waals surface area contributed by atoms with E-state index in [9.17, 15) is 5.26 Å². The molecule has 0 aromatic heterocycles. The molecule has 1 aliphatic carbocycles. The van der Waals surface area contributed by atoms with Crippen molar-refractivity contribution in [3.8, 4) is 6.07 Å². The molecule has 0 N–H and O–H groups in total. The van der Waals surface area contributed by atoms with Gasteiger partial charge in [-0.05, 0) is 38.2 Å². The van der Waals surface area contributed by atoms with E-state index in [4.69, 9.17) is 0 Å². The van der Waals surface area contributed by atoms with Gasteiger partial charge in [-0.3, -0.25) is 4.99 Å². The van der Waals surface area contributed by atoms with Crippen LogP contribution in [0.1, 0.15) is 49.7 Å². The first kappa shape index (κ1) is 13.4. The van der Waals surface area contributed by atoms with Crippen LogP contribution in [0.4, 0.5) is 0 Å². The molecule has 1 saturated carbocycles. The predicted molar refractivity (Wildman–Crippen MR) is 81.9 cm³/mol. The van der Waals surface area contributed by atoms with E-state index in [-0.39, 0.29) is 5.41 Å². The molecule has 1 heterocycles. The number of aryl methyl sites for hydroxylation is 2. The summed E-state index contributed by atoms with van der Waals surface area (Å²) >= 11 is 0. The zero-order chi connectivity index (χ0) is 14.1. The Hall–Kier alpha value is -1.62. The molecule has 3 rings (SSSR count). The fourth-order valence-corrected chi connectivity index (χ4v) is 3.82. The minimum absolute atomic E-state index is 0.101. The molecule has 0 amide bonds. The molecule has 1 fully saturated rings. The highest BCUT2D eigenvalue weighted by atomic mass is 15.0. The molecule has 2 heteroatoms. The monoisotopic (exact) mass is 266 g/mol. The van der Waals surface area contributed by atoms with Crippen molar-refractivity contribution >= 4 is 6.21 Å². The summed E-state index contributed by atoms with van der Waals surface area (Å²) in [5.41, 5.74) is 2.35. The Labute approximate surface area is 121 Å². The van der Waals surface area contributed by atoms with Crippen molar-refractivity contribution in [1.29, 1.82) is 5.26 Å². The second-order valence-corrected chi connectivity index (χ2v) is 6.47. The Morgan fingerprint density at radius 1 is 1.25 bits per heavy atom. The summed E-state index contributed by atoms with van der Waals surface area (Å²) in [6.45, 7) is 2.14. The lowest BCUT2D eigenvalue weighted by molar-refractivity contribution is 0.147. The van der Waals surface area contributed by atoms with Crippen molar-refractivity contribution in [2.24, 2.45) is 10.4 Å². The van der Waals surface area contributed by atoms with E-state index >= 15 is 0 Å². The average Bonchev–Trinajstić information content (AvgIpc) is 3.28. The average molecular weight is 266 g/mol. The summed E-state index contributed by atoms with van der Waals surface area (Å²) in [6, 6.07) is 11.2. The molecule has 0 saturated heterocycles. The normalized spacial score (nSPS) is 27.0. The summed E-state index contributed by atoms with van der Waals surface area (Å²) in [6.07, 6.45) is 10.2. The number of hydrogen-bond donors (Lipinski definition) is 0. The first-order valence-corrected chi connectivity index (χ1v) is 7.73. The van der Waals surface area contributed by atoms with Gasteiger partial charge in [-0.1, -0.05) is 49.1 Å². The topological polar surface area (TPSA) is 36.1 Å². The molecule has 1 aromatic rings. The molecule has 1 aromatic carbocycles. The van der Waals surface area contributed by atoms with Crippen molar-refractivity contribution in [3.63, 3.8) is 0 Å². The van der Waals surface area contributed by atoms with Crippen LogP contribution in [0.15, 0.2) is 29.3 Å². The van der Waals surface area contributed by atoms with Crippen molar-refractivity contribution in [2.75, 3.05) is 0 Å². The minimum atomic E-state index is -0.461. The van der Waals surface area contributed by atoms with E-state index in [1.165, 1.54) is 30.4 Å². The molecule has 0 radical (unpaired) electrons. The minimum Gasteiger partial charge on any atom is -0.265 e. The van der Waals surface area contributed by atoms with Gasteiger partial charge < -0.3 is 0 Å². The van der Waals surface area contributed by atoms with E-state index < -0.39 is 5.54 Å². The van der Waals surface area contributed by atoms with Gasteiger partial charge in [0.05, 0.1) is 6.07 Å². The van der Waals surface area contributed by atoms with Crippen LogP contribution in [0.5, 0.6) is 0 Å². The maximum atomic E-state index is 9.54. The first-order valence-electron chi connectivity index (χ1n) is 7.73. The van der Waals surface area contributed by atoms with Gasteiger partial charge in [0.15, 0.2) is 5.54 Å².